The van der Waals surface area contributed by atoms with Crippen molar-refractivity contribution in [2.75, 3.05) is 18.0 Å². The van der Waals surface area contributed by atoms with E-state index in [0.717, 1.165) is 28.8 Å². The van der Waals surface area contributed by atoms with Crippen molar-refractivity contribution < 1.29 is 4.39 Å². The third kappa shape index (κ3) is 3.13. The van der Waals surface area contributed by atoms with Crippen molar-refractivity contribution in [2.45, 2.75) is 19.0 Å². The van der Waals surface area contributed by atoms with E-state index in [0.29, 0.717) is 19.5 Å². The van der Waals surface area contributed by atoms with Gasteiger partial charge in [0.05, 0.1) is 30.1 Å². The maximum atomic E-state index is 13.6. The Balaban J connectivity index is 1.49. The van der Waals surface area contributed by atoms with Crippen LogP contribution in [0.15, 0.2) is 55.1 Å². The average molecular weight is 376 g/mol. The van der Waals surface area contributed by atoms with Gasteiger partial charge in [-0.2, -0.15) is 10.2 Å². The van der Waals surface area contributed by atoms with Gasteiger partial charge in [-0.1, -0.05) is 12.1 Å². The van der Waals surface area contributed by atoms with Gasteiger partial charge in [0.1, 0.15) is 12.0 Å². The van der Waals surface area contributed by atoms with Crippen LogP contribution in [-0.4, -0.2) is 43.8 Å². The first-order chi connectivity index (χ1) is 13.7. The van der Waals surface area contributed by atoms with Gasteiger partial charge in [0.2, 0.25) is 0 Å². The molecule has 4 aromatic rings. The number of hydrogen-bond acceptors (Lipinski definition) is 4. The molecule has 1 saturated heterocycles. The molecule has 7 heteroatoms. The second-order valence-corrected chi connectivity index (χ2v) is 7.35. The Kier molecular flexibility index (Phi) is 4.07. The van der Waals surface area contributed by atoms with E-state index in [4.69, 9.17) is 0 Å². The molecule has 0 saturated carbocycles. The molecule has 28 heavy (non-hydrogen) atoms. The Hall–Kier alpha value is -3.22. The van der Waals surface area contributed by atoms with Gasteiger partial charge in [0, 0.05) is 43.9 Å². The van der Waals surface area contributed by atoms with Gasteiger partial charge >= 0.3 is 0 Å². The molecule has 1 fully saturated rings. The second kappa shape index (κ2) is 6.74. The van der Waals surface area contributed by atoms with Crippen molar-refractivity contribution in [1.82, 2.24) is 24.5 Å². The predicted molar refractivity (Wildman–Crippen MR) is 107 cm³/mol. The van der Waals surface area contributed by atoms with Crippen molar-refractivity contribution in [2.24, 2.45) is 7.05 Å². The van der Waals surface area contributed by atoms with E-state index in [9.17, 15) is 4.39 Å². The Labute approximate surface area is 162 Å². The van der Waals surface area contributed by atoms with Gasteiger partial charge in [-0.05, 0) is 29.7 Å². The van der Waals surface area contributed by atoms with E-state index < -0.39 is 6.17 Å². The number of fused-ring (bicyclic) bond motifs is 1. The zero-order valence-electron chi connectivity index (χ0n) is 15.7. The van der Waals surface area contributed by atoms with Gasteiger partial charge in [0.15, 0.2) is 0 Å². The quantitative estimate of drug-likeness (QED) is 0.548. The Morgan fingerprint density at radius 1 is 1.11 bits per heavy atom. The highest BCUT2D eigenvalue weighted by Crippen LogP contribution is 2.25. The maximum absolute atomic E-state index is 13.6. The molecule has 0 amide bonds. The van der Waals surface area contributed by atoms with Crippen LogP contribution in [0.2, 0.25) is 0 Å². The average Bonchev–Trinajstić information content (AvgIpc) is 3.42. The summed E-state index contributed by atoms with van der Waals surface area (Å²) >= 11 is 0. The molecular weight excluding hydrogens is 355 g/mol. The largest absolute Gasteiger partial charge is 0.354 e. The lowest BCUT2D eigenvalue weighted by Crippen LogP contribution is -2.21. The molecule has 0 spiro atoms. The summed E-state index contributed by atoms with van der Waals surface area (Å²) in [6, 6.07) is 10.3. The summed E-state index contributed by atoms with van der Waals surface area (Å²) in [4.78, 5) is 6.42. The third-order valence-corrected chi connectivity index (χ3v) is 5.23. The number of aryl methyl sites for hydroxylation is 1. The standard InChI is InChI=1S/C21H21FN6/c1-26-13-16(11-24-26)8-15-2-3-17-12-25-28(20(17)9-15)19-4-6-23-21(10-19)27-7-5-18(22)14-27/h2-4,6,9-13,18H,5,7-8,14H2,1H3. The lowest BCUT2D eigenvalue weighted by molar-refractivity contribution is 0.364. The Bertz CT molecular complexity index is 1130. The molecule has 1 aliphatic heterocycles. The molecule has 4 heterocycles. The molecule has 0 aliphatic carbocycles. The molecule has 0 N–H and O–H groups in total. The molecule has 3 aromatic heterocycles. The summed E-state index contributed by atoms with van der Waals surface area (Å²) in [6.45, 7) is 1.11. The molecule has 1 unspecified atom stereocenters. The van der Waals surface area contributed by atoms with Crippen LogP contribution in [0, 0.1) is 0 Å². The Morgan fingerprint density at radius 3 is 2.82 bits per heavy atom. The lowest BCUT2D eigenvalue weighted by atomic mass is 10.1. The molecule has 1 aliphatic rings. The molecule has 0 bridgehead atoms. The summed E-state index contributed by atoms with van der Waals surface area (Å²) in [7, 11) is 1.92. The molecular formula is C21H21FN6. The zero-order chi connectivity index (χ0) is 19.1. The van der Waals surface area contributed by atoms with Crippen LogP contribution < -0.4 is 4.90 Å². The first kappa shape index (κ1) is 16.9. The predicted octanol–water partition coefficient (Wildman–Crippen LogP) is 3.29. The van der Waals surface area contributed by atoms with E-state index in [1.54, 1.807) is 6.20 Å². The number of nitrogens with zero attached hydrogens (tertiary/aromatic N) is 6. The topological polar surface area (TPSA) is 51.8 Å². The van der Waals surface area contributed by atoms with Gasteiger partial charge < -0.3 is 4.90 Å². The number of pyridine rings is 1. The van der Waals surface area contributed by atoms with Crippen molar-refractivity contribution in [1.29, 1.82) is 0 Å². The monoisotopic (exact) mass is 376 g/mol. The summed E-state index contributed by atoms with van der Waals surface area (Å²) in [5.74, 6) is 0.799. The molecule has 6 nitrogen and oxygen atoms in total. The first-order valence-corrected chi connectivity index (χ1v) is 9.45. The Morgan fingerprint density at radius 2 is 2.04 bits per heavy atom. The molecule has 1 aromatic carbocycles. The van der Waals surface area contributed by atoms with Crippen molar-refractivity contribution in [3.8, 4) is 5.69 Å². The van der Waals surface area contributed by atoms with Gasteiger partial charge in [-0.25, -0.2) is 14.1 Å². The SMILES string of the molecule is Cn1cc(Cc2ccc3cnn(-c4ccnc(N5CCC(F)C5)c4)c3c2)cn1. The summed E-state index contributed by atoms with van der Waals surface area (Å²) < 4.78 is 17.3. The van der Waals surface area contributed by atoms with E-state index in [-0.39, 0.29) is 0 Å². The van der Waals surface area contributed by atoms with Crippen LogP contribution in [0.25, 0.3) is 16.6 Å². The third-order valence-electron chi connectivity index (χ3n) is 5.23. The van der Waals surface area contributed by atoms with Gasteiger partial charge in [0.25, 0.3) is 0 Å². The highest BCUT2D eigenvalue weighted by Gasteiger charge is 2.23. The molecule has 5 rings (SSSR count). The van der Waals surface area contributed by atoms with Gasteiger partial charge in [-0.3, -0.25) is 4.68 Å². The van der Waals surface area contributed by atoms with E-state index in [1.807, 2.05) is 52.0 Å². The zero-order valence-corrected chi connectivity index (χ0v) is 15.7. The van der Waals surface area contributed by atoms with Crippen LogP contribution in [0.3, 0.4) is 0 Å². The molecule has 142 valence electrons. The second-order valence-electron chi connectivity index (χ2n) is 7.35. The number of rotatable bonds is 4. The van der Waals surface area contributed by atoms with Crippen molar-refractivity contribution in [3.05, 3.63) is 66.2 Å². The van der Waals surface area contributed by atoms with Crippen molar-refractivity contribution >= 4 is 16.7 Å². The number of alkyl halides is 1. The fourth-order valence-electron chi connectivity index (χ4n) is 3.82. The fraction of sp³-hybridized carbons (Fsp3) is 0.286. The summed E-state index contributed by atoms with van der Waals surface area (Å²) in [5.41, 5.74) is 4.36. The highest BCUT2D eigenvalue weighted by molar-refractivity contribution is 5.81. The summed E-state index contributed by atoms with van der Waals surface area (Å²) in [6.07, 6.45) is 8.18. The van der Waals surface area contributed by atoms with E-state index in [1.165, 1.54) is 11.1 Å². The van der Waals surface area contributed by atoms with Gasteiger partial charge in [-0.15, -0.1) is 0 Å². The minimum atomic E-state index is -0.772. The fourth-order valence-corrected chi connectivity index (χ4v) is 3.82. The molecule has 0 radical (unpaired) electrons. The lowest BCUT2D eigenvalue weighted by Gasteiger charge is -2.17. The highest BCUT2D eigenvalue weighted by atomic mass is 19.1. The normalized spacial score (nSPS) is 16.9. The van der Waals surface area contributed by atoms with Crippen LogP contribution >= 0.6 is 0 Å². The molecule has 1 atom stereocenters. The maximum Gasteiger partial charge on any atom is 0.130 e. The summed E-state index contributed by atoms with van der Waals surface area (Å²) in [5, 5.41) is 9.91. The van der Waals surface area contributed by atoms with Crippen LogP contribution in [0.4, 0.5) is 10.2 Å². The van der Waals surface area contributed by atoms with E-state index in [2.05, 4.69) is 33.4 Å². The van der Waals surface area contributed by atoms with Crippen LogP contribution in [0.1, 0.15) is 17.5 Å². The van der Waals surface area contributed by atoms with Crippen LogP contribution in [-0.2, 0) is 13.5 Å². The number of hydrogen-bond donors (Lipinski definition) is 0. The van der Waals surface area contributed by atoms with Crippen LogP contribution in [0.5, 0.6) is 0 Å². The van der Waals surface area contributed by atoms with E-state index >= 15 is 0 Å². The smallest absolute Gasteiger partial charge is 0.130 e. The number of anilines is 1. The minimum Gasteiger partial charge on any atom is -0.354 e. The van der Waals surface area contributed by atoms with Crippen molar-refractivity contribution in [3.63, 3.8) is 0 Å². The number of aromatic nitrogens is 5. The number of benzene rings is 1. The minimum absolute atomic E-state index is 0.408. The number of halogens is 1. The first-order valence-electron chi connectivity index (χ1n) is 9.45.